The second-order valence-corrected chi connectivity index (χ2v) is 5.79. The van der Waals surface area contributed by atoms with E-state index in [0.29, 0.717) is 24.4 Å². The summed E-state index contributed by atoms with van der Waals surface area (Å²) in [5.41, 5.74) is 1.75. The fraction of sp³-hybridized carbons (Fsp3) is 0.278. The number of carbonyl (C=O) groups excluding carboxylic acids is 1. The van der Waals surface area contributed by atoms with Gasteiger partial charge < -0.3 is 9.64 Å². The normalized spacial score (nSPS) is 10.4. The van der Waals surface area contributed by atoms with Crippen LogP contribution in [0, 0.1) is 5.82 Å². The number of aryl methyl sites for hydroxylation is 1. The van der Waals surface area contributed by atoms with Crippen LogP contribution in [-0.2, 0) is 17.8 Å². The Balaban J connectivity index is 1.90. The van der Waals surface area contributed by atoms with E-state index >= 15 is 0 Å². The summed E-state index contributed by atoms with van der Waals surface area (Å²) in [5, 5.41) is 0.650. The number of hydrogen-bond donors (Lipinski definition) is 0. The molecule has 0 atom stereocenters. The summed E-state index contributed by atoms with van der Waals surface area (Å²) in [7, 11) is 3.17. The third kappa shape index (κ3) is 4.96. The molecule has 3 nitrogen and oxygen atoms in total. The van der Waals surface area contributed by atoms with Crippen LogP contribution in [0.2, 0.25) is 5.02 Å². The lowest BCUT2D eigenvalue weighted by atomic mass is 10.1. The Bertz CT molecular complexity index is 690. The highest BCUT2D eigenvalue weighted by atomic mass is 35.5. The van der Waals surface area contributed by atoms with Gasteiger partial charge in [-0.25, -0.2) is 4.39 Å². The third-order valence-corrected chi connectivity index (χ3v) is 3.81. The van der Waals surface area contributed by atoms with E-state index in [4.69, 9.17) is 16.3 Å². The van der Waals surface area contributed by atoms with Gasteiger partial charge in [-0.1, -0.05) is 29.8 Å². The maximum absolute atomic E-state index is 13.6. The summed E-state index contributed by atoms with van der Waals surface area (Å²) >= 11 is 5.94. The number of ether oxygens (including phenoxy) is 1. The van der Waals surface area contributed by atoms with E-state index in [-0.39, 0.29) is 11.7 Å². The minimum Gasteiger partial charge on any atom is -0.494 e. The molecule has 122 valence electrons. The minimum absolute atomic E-state index is 0.00111. The fourth-order valence-corrected chi connectivity index (χ4v) is 2.52. The van der Waals surface area contributed by atoms with Crippen LogP contribution < -0.4 is 4.74 Å². The van der Waals surface area contributed by atoms with Crippen molar-refractivity contribution in [3.63, 3.8) is 0 Å². The summed E-state index contributed by atoms with van der Waals surface area (Å²) in [5.74, 6) is -0.205. The fourth-order valence-electron chi connectivity index (χ4n) is 2.30. The monoisotopic (exact) mass is 335 g/mol. The van der Waals surface area contributed by atoms with Crippen LogP contribution in [-0.4, -0.2) is 25.0 Å². The van der Waals surface area contributed by atoms with Crippen molar-refractivity contribution in [3.05, 3.63) is 64.4 Å². The largest absolute Gasteiger partial charge is 0.494 e. The summed E-state index contributed by atoms with van der Waals surface area (Å²) in [6.07, 6.45) is 0.808. The van der Waals surface area contributed by atoms with Crippen LogP contribution >= 0.6 is 11.6 Å². The molecule has 0 heterocycles. The summed E-state index contributed by atoms with van der Waals surface area (Å²) in [4.78, 5) is 13.8. The molecule has 1 amide bonds. The van der Waals surface area contributed by atoms with Crippen LogP contribution in [0.4, 0.5) is 4.39 Å². The number of methoxy groups -OCH3 is 1. The second kappa shape index (κ2) is 7.97. The SMILES string of the molecule is COc1ccc(CCC(=O)N(C)Cc2cccc(Cl)c2)cc1F. The molecule has 2 rings (SSSR count). The van der Waals surface area contributed by atoms with Gasteiger partial charge in [0, 0.05) is 25.0 Å². The van der Waals surface area contributed by atoms with Gasteiger partial charge in [0.15, 0.2) is 11.6 Å². The highest BCUT2D eigenvalue weighted by molar-refractivity contribution is 6.30. The number of benzene rings is 2. The molecule has 0 aliphatic carbocycles. The first-order valence-electron chi connectivity index (χ1n) is 7.30. The average molecular weight is 336 g/mol. The van der Waals surface area contributed by atoms with Gasteiger partial charge in [-0.3, -0.25) is 4.79 Å². The van der Waals surface area contributed by atoms with Gasteiger partial charge in [-0.2, -0.15) is 0 Å². The van der Waals surface area contributed by atoms with E-state index in [1.54, 1.807) is 30.1 Å². The van der Waals surface area contributed by atoms with Crippen molar-refractivity contribution in [1.82, 2.24) is 4.90 Å². The highest BCUT2D eigenvalue weighted by Gasteiger charge is 2.11. The summed E-state index contributed by atoms with van der Waals surface area (Å²) in [6, 6.07) is 12.2. The molecular formula is C18H19ClFNO2. The number of amides is 1. The quantitative estimate of drug-likeness (QED) is 0.796. The molecule has 0 saturated heterocycles. The van der Waals surface area contributed by atoms with E-state index in [1.807, 2.05) is 18.2 Å². The molecular weight excluding hydrogens is 317 g/mol. The standard InChI is InChI=1S/C18H19ClFNO2/c1-21(12-14-4-3-5-15(19)10-14)18(22)9-7-13-6-8-17(23-2)16(20)11-13/h3-6,8,10-11H,7,9,12H2,1-2H3. The Morgan fingerprint density at radius 1 is 1.22 bits per heavy atom. The number of hydrogen-bond acceptors (Lipinski definition) is 2. The van der Waals surface area contributed by atoms with Crippen molar-refractivity contribution >= 4 is 17.5 Å². The Hall–Kier alpha value is -2.07. The molecule has 0 bridgehead atoms. The molecule has 0 aromatic heterocycles. The van der Waals surface area contributed by atoms with Crippen LogP contribution in [0.3, 0.4) is 0 Å². The van der Waals surface area contributed by atoms with Crippen molar-refractivity contribution < 1.29 is 13.9 Å². The van der Waals surface area contributed by atoms with Crippen LogP contribution in [0.1, 0.15) is 17.5 Å². The van der Waals surface area contributed by atoms with Gasteiger partial charge in [0.05, 0.1) is 7.11 Å². The molecule has 2 aromatic rings. The van der Waals surface area contributed by atoms with E-state index in [9.17, 15) is 9.18 Å². The molecule has 0 aliphatic heterocycles. The molecule has 0 spiro atoms. The molecule has 0 unspecified atom stereocenters. The lowest BCUT2D eigenvalue weighted by Gasteiger charge is -2.17. The molecule has 5 heteroatoms. The van der Waals surface area contributed by atoms with Gasteiger partial charge in [-0.05, 0) is 41.8 Å². The molecule has 0 saturated carbocycles. The van der Waals surface area contributed by atoms with Crippen molar-refractivity contribution in [2.75, 3.05) is 14.2 Å². The zero-order chi connectivity index (χ0) is 16.8. The van der Waals surface area contributed by atoms with Gasteiger partial charge in [0.1, 0.15) is 0 Å². The third-order valence-electron chi connectivity index (χ3n) is 3.58. The number of halogens is 2. The number of rotatable bonds is 6. The Morgan fingerprint density at radius 3 is 2.65 bits per heavy atom. The van der Waals surface area contributed by atoms with Gasteiger partial charge in [0.2, 0.25) is 5.91 Å². The Morgan fingerprint density at radius 2 is 2.00 bits per heavy atom. The maximum Gasteiger partial charge on any atom is 0.222 e. The second-order valence-electron chi connectivity index (χ2n) is 5.35. The highest BCUT2D eigenvalue weighted by Crippen LogP contribution is 2.19. The maximum atomic E-state index is 13.6. The first-order chi connectivity index (χ1) is 11.0. The molecule has 0 N–H and O–H groups in total. The Labute approximate surface area is 140 Å². The van der Waals surface area contributed by atoms with Gasteiger partial charge in [-0.15, -0.1) is 0 Å². The Kier molecular flexibility index (Phi) is 5.99. The van der Waals surface area contributed by atoms with Crippen LogP contribution in [0.25, 0.3) is 0 Å². The van der Waals surface area contributed by atoms with Gasteiger partial charge >= 0.3 is 0 Å². The van der Waals surface area contributed by atoms with E-state index in [1.165, 1.54) is 13.2 Å². The lowest BCUT2D eigenvalue weighted by molar-refractivity contribution is -0.130. The van der Waals surface area contributed by atoms with Crippen LogP contribution in [0.15, 0.2) is 42.5 Å². The van der Waals surface area contributed by atoms with Crippen LogP contribution in [0.5, 0.6) is 5.75 Å². The predicted molar refractivity (Wildman–Crippen MR) is 89.2 cm³/mol. The van der Waals surface area contributed by atoms with E-state index in [0.717, 1.165) is 11.1 Å². The molecule has 0 fully saturated rings. The van der Waals surface area contributed by atoms with Crippen molar-refractivity contribution in [3.8, 4) is 5.75 Å². The molecule has 0 aliphatic rings. The molecule has 2 aromatic carbocycles. The first-order valence-corrected chi connectivity index (χ1v) is 7.68. The lowest BCUT2D eigenvalue weighted by Crippen LogP contribution is -2.26. The predicted octanol–water partition coefficient (Wildman–Crippen LogP) is 4.08. The zero-order valence-corrected chi connectivity index (χ0v) is 13.9. The summed E-state index contributed by atoms with van der Waals surface area (Å²) < 4.78 is 18.5. The minimum atomic E-state index is -0.412. The zero-order valence-electron chi connectivity index (χ0n) is 13.2. The first kappa shape index (κ1) is 17.3. The van der Waals surface area contributed by atoms with E-state index < -0.39 is 5.82 Å². The van der Waals surface area contributed by atoms with E-state index in [2.05, 4.69) is 0 Å². The topological polar surface area (TPSA) is 29.5 Å². The smallest absolute Gasteiger partial charge is 0.222 e. The van der Waals surface area contributed by atoms with Gasteiger partial charge in [0.25, 0.3) is 0 Å². The molecule has 0 radical (unpaired) electrons. The average Bonchev–Trinajstić information content (AvgIpc) is 2.52. The van der Waals surface area contributed by atoms with Crippen molar-refractivity contribution in [1.29, 1.82) is 0 Å². The number of nitrogens with zero attached hydrogens (tertiary/aromatic N) is 1. The van der Waals surface area contributed by atoms with Crippen molar-refractivity contribution in [2.45, 2.75) is 19.4 Å². The number of carbonyl (C=O) groups is 1. The van der Waals surface area contributed by atoms with Crippen molar-refractivity contribution in [2.24, 2.45) is 0 Å². The molecule has 23 heavy (non-hydrogen) atoms. The summed E-state index contributed by atoms with van der Waals surface area (Å²) in [6.45, 7) is 0.496.